The van der Waals surface area contributed by atoms with Crippen LogP contribution in [0.15, 0.2) is 18.2 Å². The molecule has 0 fully saturated rings. The van der Waals surface area contributed by atoms with E-state index in [4.69, 9.17) is 5.73 Å². The molecule has 3 N–H and O–H groups in total. The van der Waals surface area contributed by atoms with Crippen molar-refractivity contribution in [1.29, 1.82) is 0 Å². The van der Waals surface area contributed by atoms with E-state index in [9.17, 15) is 4.79 Å². The minimum absolute atomic E-state index is 0. The van der Waals surface area contributed by atoms with Crippen molar-refractivity contribution in [3.63, 3.8) is 0 Å². The lowest BCUT2D eigenvalue weighted by molar-refractivity contribution is -0.121. The molecule has 0 spiro atoms. The highest BCUT2D eigenvalue weighted by molar-refractivity contribution is 5.85. The summed E-state index contributed by atoms with van der Waals surface area (Å²) in [5.74, 6) is 0.0448. The van der Waals surface area contributed by atoms with E-state index in [1.54, 1.807) is 0 Å². The van der Waals surface area contributed by atoms with Crippen molar-refractivity contribution >= 4 is 18.3 Å². The Balaban J connectivity index is 0.00000180. The molecule has 0 saturated carbocycles. The van der Waals surface area contributed by atoms with E-state index in [0.717, 1.165) is 12.0 Å². The van der Waals surface area contributed by atoms with Gasteiger partial charge in [0.1, 0.15) is 0 Å². The molecular formula is C15H23ClN2O. The van der Waals surface area contributed by atoms with Crippen LogP contribution in [0, 0.1) is 0 Å². The fraction of sp³-hybridized carbons (Fsp3) is 0.533. The first-order valence-electron chi connectivity index (χ1n) is 6.62. The van der Waals surface area contributed by atoms with Gasteiger partial charge < -0.3 is 11.1 Å². The lowest BCUT2D eigenvalue weighted by Gasteiger charge is -2.24. The average molecular weight is 283 g/mol. The Morgan fingerprint density at radius 3 is 2.68 bits per heavy atom. The molecule has 106 valence electrons. The molecule has 0 bridgehead atoms. The van der Waals surface area contributed by atoms with Crippen molar-refractivity contribution in [2.45, 2.75) is 45.1 Å². The highest BCUT2D eigenvalue weighted by Gasteiger charge is 2.18. The number of nitrogens with one attached hydrogen (secondary N) is 1. The van der Waals surface area contributed by atoms with Crippen LogP contribution >= 0.6 is 12.4 Å². The quantitative estimate of drug-likeness (QED) is 0.887. The van der Waals surface area contributed by atoms with Crippen molar-refractivity contribution in [2.24, 2.45) is 5.73 Å². The Hall–Kier alpha value is -1.06. The Bertz CT molecular complexity index is 457. The third-order valence-electron chi connectivity index (χ3n) is 3.52. The molecule has 3 nitrogen and oxygen atoms in total. The normalized spacial score (nSPS) is 13.6. The van der Waals surface area contributed by atoms with Crippen molar-refractivity contribution in [3.8, 4) is 0 Å². The van der Waals surface area contributed by atoms with Crippen LogP contribution < -0.4 is 11.1 Å². The molecule has 2 rings (SSSR count). The van der Waals surface area contributed by atoms with Gasteiger partial charge in [-0.15, -0.1) is 12.4 Å². The van der Waals surface area contributed by atoms with Crippen LogP contribution in [0.3, 0.4) is 0 Å². The summed E-state index contributed by atoms with van der Waals surface area (Å²) in [5, 5.41) is 2.96. The Kier molecular flexibility index (Phi) is 5.39. The van der Waals surface area contributed by atoms with Gasteiger partial charge in [0.2, 0.25) is 5.91 Å². The summed E-state index contributed by atoms with van der Waals surface area (Å²) >= 11 is 0. The number of carbonyl (C=O) groups excluding carboxylic acids is 1. The summed E-state index contributed by atoms with van der Waals surface area (Å²) in [6, 6.07) is 6.41. The van der Waals surface area contributed by atoms with Gasteiger partial charge in [-0.3, -0.25) is 4.79 Å². The van der Waals surface area contributed by atoms with Crippen LogP contribution in [0.2, 0.25) is 0 Å². The molecule has 1 aliphatic rings. The van der Waals surface area contributed by atoms with Gasteiger partial charge in [0.25, 0.3) is 0 Å². The van der Waals surface area contributed by atoms with Gasteiger partial charge in [-0.05, 0) is 49.8 Å². The summed E-state index contributed by atoms with van der Waals surface area (Å²) in [6.45, 7) is 4.32. The van der Waals surface area contributed by atoms with E-state index >= 15 is 0 Å². The molecule has 1 aliphatic carbocycles. The molecule has 0 aliphatic heterocycles. The number of halogens is 1. The molecule has 4 heteroatoms. The maximum absolute atomic E-state index is 11.9. The maximum Gasteiger partial charge on any atom is 0.224 e. The highest BCUT2D eigenvalue weighted by atomic mass is 35.5. The number of carbonyl (C=O) groups is 1. The standard InChI is InChI=1S/C15H22N2O.ClH/c1-15(2,10-16)17-14(18)9-11-6-7-12-4-3-5-13(12)8-11;/h6-8H,3-5,9-10,16H2,1-2H3,(H,17,18);1H. The largest absolute Gasteiger partial charge is 0.350 e. The van der Waals surface area contributed by atoms with E-state index in [0.29, 0.717) is 13.0 Å². The molecule has 0 heterocycles. The number of amides is 1. The van der Waals surface area contributed by atoms with E-state index < -0.39 is 0 Å². The smallest absolute Gasteiger partial charge is 0.224 e. The Labute approximate surface area is 121 Å². The van der Waals surface area contributed by atoms with Gasteiger partial charge in [-0.2, -0.15) is 0 Å². The van der Waals surface area contributed by atoms with E-state index in [-0.39, 0.29) is 23.9 Å². The molecular weight excluding hydrogens is 260 g/mol. The van der Waals surface area contributed by atoms with Crippen molar-refractivity contribution in [2.75, 3.05) is 6.54 Å². The van der Waals surface area contributed by atoms with Crippen LogP contribution in [-0.2, 0) is 24.1 Å². The lowest BCUT2D eigenvalue weighted by atomic mass is 10.0. The van der Waals surface area contributed by atoms with Crippen molar-refractivity contribution in [1.82, 2.24) is 5.32 Å². The van der Waals surface area contributed by atoms with Crippen molar-refractivity contribution in [3.05, 3.63) is 34.9 Å². The number of rotatable bonds is 4. The third kappa shape index (κ3) is 4.22. The van der Waals surface area contributed by atoms with Crippen LogP contribution in [0.1, 0.15) is 37.0 Å². The molecule has 0 unspecified atom stereocenters. The van der Waals surface area contributed by atoms with Gasteiger partial charge in [0.05, 0.1) is 6.42 Å². The SMILES string of the molecule is CC(C)(CN)NC(=O)Cc1ccc2c(c1)CCC2.Cl. The van der Waals surface area contributed by atoms with Gasteiger partial charge in [0, 0.05) is 12.1 Å². The first-order chi connectivity index (χ1) is 8.50. The zero-order valence-electron chi connectivity index (χ0n) is 11.7. The summed E-state index contributed by atoms with van der Waals surface area (Å²) in [5.41, 5.74) is 9.24. The van der Waals surface area contributed by atoms with Crippen LogP contribution in [0.4, 0.5) is 0 Å². The average Bonchev–Trinajstić information content (AvgIpc) is 2.75. The zero-order valence-corrected chi connectivity index (χ0v) is 12.5. The van der Waals surface area contributed by atoms with Crippen molar-refractivity contribution < 1.29 is 4.79 Å². The lowest BCUT2D eigenvalue weighted by Crippen LogP contribution is -2.49. The summed E-state index contributed by atoms with van der Waals surface area (Å²) < 4.78 is 0. The highest BCUT2D eigenvalue weighted by Crippen LogP contribution is 2.23. The maximum atomic E-state index is 11.9. The zero-order chi connectivity index (χ0) is 13.2. The number of fused-ring (bicyclic) bond motifs is 1. The summed E-state index contributed by atoms with van der Waals surface area (Å²) in [4.78, 5) is 11.9. The third-order valence-corrected chi connectivity index (χ3v) is 3.52. The monoisotopic (exact) mass is 282 g/mol. The first-order valence-corrected chi connectivity index (χ1v) is 6.62. The number of nitrogens with two attached hydrogens (primary N) is 1. The Morgan fingerprint density at radius 2 is 2.00 bits per heavy atom. The number of hydrogen-bond donors (Lipinski definition) is 2. The number of aryl methyl sites for hydroxylation is 2. The van der Waals surface area contributed by atoms with Gasteiger partial charge >= 0.3 is 0 Å². The molecule has 19 heavy (non-hydrogen) atoms. The van der Waals surface area contributed by atoms with Gasteiger partial charge in [-0.1, -0.05) is 18.2 Å². The molecule has 1 aromatic carbocycles. The van der Waals surface area contributed by atoms with E-state index in [2.05, 4.69) is 23.5 Å². The second-order valence-electron chi connectivity index (χ2n) is 5.77. The predicted octanol–water partition coefficient (Wildman–Crippen LogP) is 1.99. The summed E-state index contributed by atoms with van der Waals surface area (Å²) in [6.07, 6.45) is 4.02. The fourth-order valence-electron chi connectivity index (χ4n) is 2.39. The predicted molar refractivity (Wildman–Crippen MR) is 80.7 cm³/mol. The van der Waals surface area contributed by atoms with E-state index in [1.807, 2.05) is 13.8 Å². The number of hydrogen-bond acceptors (Lipinski definition) is 2. The minimum atomic E-state index is -0.326. The van der Waals surface area contributed by atoms with Crippen LogP contribution in [-0.4, -0.2) is 18.0 Å². The second kappa shape index (κ2) is 6.40. The topological polar surface area (TPSA) is 55.1 Å². The molecule has 0 aromatic heterocycles. The first kappa shape index (κ1) is 16.0. The molecule has 0 saturated heterocycles. The molecule has 0 atom stereocenters. The molecule has 1 amide bonds. The number of benzene rings is 1. The van der Waals surface area contributed by atoms with Gasteiger partial charge in [-0.25, -0.2) is 0 Å². The molecule has 1 aromatic rings. The minimum Gasteiger partial charge on any atom is -0.350 e. The fourth-order valence-corrected chi connectivity index (χ4v) is 2.39. The van der Waals surface area contributed by atoms with Crippen LogP contribution in [0.25, 0.3) is 0 Å². The second-order valence-corrected chi connectivity index (χ2v) is 5.77. The van der Waals surface area contributed by atoms with Crippen LogP contribution in [0.5, 0.6) is 0 Å². The molecule has 0 radical (unpaired) electrons. The van der Waals surface area contributed by atoms with Gasteiger partial charge in [0.15, 0.2) is 0 Å². The summed E-state index contributed by atoms with van der Waals surface area (Å²) in [7, 11) is 0. The van der Waals surface area contributed by atoms with E-state index in [1.165, 1.54) is 24.0 Å². The Morgan fingerprint density at radius 1 is 1.32 bits per heavy atom.